The van der Waals surface area contributed by atoms with E-state index in [4.69, 9.17) is 36.5 Å². The Morgan fingerprint density at radius 1 is 1.24 bits per heavy atom. The lowest BCUT2D eigenvalue weighted by atomic mass is 9.72. The minimum atomic E-state index is -1.41. The maximum Gasteiger partial charge on any atom is 0.249 e. The number of likely N-dealkylation sites (N-methyl/N-ethyl adjacent to an activating group) is 1. The fraction of sp³-hybridized carbons (Fsp3) is 0.885. The monoisotopic (exact) mass is 606 g/mol. The molecule has 42 heavy (non-hydrogen) atoms. The fourth-order valence-electron chi connectivity index (χ4n) is 5.95. The lowest BCUT2D eigenvalue weighted by molar-refractivity contribution is -0.297. The molecule has 2 fully saturated rings. The average Bonchev–Trinajstić information content (AvgIpc) is 2.93. The van der Waals surface area contributed by atoms with Gasteiger partial charge in [0.25, 0.3) is 0 Å². The van der Waals surface area contributed by atoms with E-state index in [0.717, 1.165) is 0 Å². The van der Waals surface area contributed by atoms with Crippen LogP contribution >= 0.6 is 0 Å². The highest BCUT2D eigenvalue weighted by Crippen LogP contribution is 2.36. The molecule has 2 unspecified atom stereocenters. The second-order valence-corrected chi connectivity index (χ2v) is 11.7. The second kappa shape index (κ2) is 15.5. The molecular weight excluding hydrogens is 556 g/mol. The van der Waals surface area contributed by atoms with Crippen LogP contribution in [0.2, 0.25) is 0 Å². The van der Waals surface area contributed by atoms with Crippen molar-refractivity contribution in [3.63, 3.8) is 0 Å². The smallest absolute Gasteiger partial charge is 0.249 e. The van der Waals surface area contributed by atoms with Crippen LogP contribution in [0.4, 0.5) is 0 Å². The van der Waals surface area contributed by atoms with Gasteiger partial charge in [0.2, 0.25) is 5.91 Å². The molecule has 16 nitrogen and oxygen atoms in total. The highest BCUT2D eigenvalue weighted by atomic mass is 16.7. The van der Waals surface area contributed by atoms with E-state index in [0.29, 0.717) is 12.2 Å². The van der Waals surface area contributed by atoms with Gasteiger partial charge < -0.3 is 78.0 Å². The normalized spacial score (nSPS) is 40.5. The van der Waals surface area contributed by atoms with Crippen molar-refractivity contribution in [1.82, 2.24) is 16.0 Å². The molecule has 0 bridgehead atoms. The number of nitrogens with two attached hydrogens (primary N) is 3. The zero-order valence-electron chi connectivity index (χ0n) is 24.2. The van der Waals surface area contributed by atoms with Gasteiger partial charge in [-0.3, -0.25) is 4.79 Å². The van der Waals surface area contributed by atoms with Crippen LogP contribution in [0.25, 0.3) is 0 Å². The van der Waals surface area contributed by atoms with Crippen molar-refractivity contribution < 1.29 is 49.6 Å². The summed E-state index contributed by atoms with van der Waals surface area (Å²) in [7, 11) is 1.57. The Kier molecular flexibility index (Phi) is 12.9. The van der Waals surface area contributed by atoms with Crippen LogP contribution in [0, 0.1) is 5.92 Å². The number of aliphatic hydroxyl groups excluding tert-OH is 5. The van der Waals surface area contributed by atoms with Gasteiger partial charge >= 0.3 is 0 Å². The van der Waals surface area contributed by atoms with E-state index in [9.17, 15) is 30.3 Å². The van der Waals surface area contributed by atoms with Crippen molar-refractivity contribution in [3.8, 4) is 0 Å². The molecule has 0 radical (unpaired) electrons. The SMILES string of the molecule is CN[C@@H]1[C@@H](O)[C@@H](O[C@H]2[C@H](NC(=O)[C@@H](O)CCN)C[C@H](N)C([C@H]3OC(CNCC(O)CO)=CC[C@H]3N)[C@@H]2O)OC[C@]1(C)O. The van der Waals surface area contributed by atoms with Gasteiger partial charge in [-0.25, -0.2) is 0 Å². The summed E-state index contributed by atoms with van der Waals surface area (Å²) in [5.74, 6) is -0.970. The molecule has 3 rings (SSSR count). The molecule has 1 amide bonds. The average molecular weight is 607 g/mol. The molecule has 2 heterocycles. The number of rotatable bonds is 13. The van der Waals surface area contributed by atoms with E-state index in [2.05, 4.69) is 16.0 Å². The summed E-state index contributed by atoms with van der Waals surface area (Å²) < 4.78 is 18.0. The van der Waals surface area contributed by atoms with Gasteiger partial charge in [-0.2, -0.15) is 0 Å². The number of carbonyl (C=O) groups is 1. The van der Waals surface area contributed by atoms with Gasteiger partial charge in [0.15, 0.2) is 6.29 Å². The van der Waals surface area contributed by atoms with Crippen LogP contribution in [0.5, 0.6) is 0 Å². The first-order chi connectivity index (χ1) is 19.8. The van der Waals surface area contributed by atoms with E-state index in [1.807, 2.05) is 0 Å². The Morgan fingerprint density at radius 2 is 1.95 bits per heavy atom. The van der Waals surface area contributed by atoms with Crippen LogP contribution in [0.15, 0.2) is 11.8 Å². The lowest BCUT2D eigenvalue weighted by Gasteiger charge is -2.50. The molecule has 1 saturated carbocycles. The first-order valence-corrected chi connectivity index (χ1v) is 14.4. The van der Waals surface area contributed by atoms with Gasteiger partial charge in [-0.05, 0) is 45.9 Å². The summed E-state index contributed by atoms with van der Waals surface area (Å²) in [6, 6.07) is -2.98. The number of nitrogens with one attached hydrogen (secondary N) is 3. The minimum Gasteiger partial charge on any atom is -0.492 e. The van der Waals surface area contributed by atoms with E-state index >= 15 is 0 Å². The summed E-state index contributed by atoms with van der Waals surface area (Å²) in [4.78, 5) is 12.7. The van der Waals surface area contributed by atoms with E-state index < -0.39 is 91.1 Å². The largest absolute Gasteiger partial charge is 0.492 e. The summed E-state index contributed by atoms with van der Waals surface area (Å²) in [5, 5.41) is 70.7. The van der Waals surface area contributed by atoms with Crippen LogP contribution in [0.1, 0.15) is 26.2 Å². The number of ether oxygens (including phenoxy) is 3. The highest BCUT2D eigenvalue weighted by molar-refractivity contribution is 5.80. The van der Waals surface area contributed by atoms with Gasteiger partial charge in [0, 0.05) is 24.5 Å². The summed E-state index contributed by atoms with van der Waals surface area (Å²) in [5.41, 5.74) is 17.1. The van der Waals surface area contributed by atoms with Crippen LogP contribution < -0.4 is 33.2 Å². The molecule has 0 spiro atoms. The molecule has 1 aliphatic carbocycles. The summed E-state index contributed by atoms with van der Waals surface area (Å²) in [6.07, 6.45) is -5.90. The molecule has 16 heteroatoms. The third kappa shape index (κ3) is 8.35. The van der Waals surface area contributed by atoms with Crippen molar-refractivity contribution in [2.75, 3.05) is 39.9 Å². The quantitative estimate of drug-likeness (QED) is 0.0930. The standard InChI is InChI=1S/C26H50N6O10/c1-26(39)11-40-25(20(37)23(26)30-2)42-22-16(32-24(38)17(35)5-6-27)7-15(29)18(19(22)36)21-14(28)4-3-13(41-21)9-31-8-12(34)10-33/h3,12,14-23,25,30-31,33-37,39H,4-11,27-29H2,1-2H3,(H,32,38)/t12?,14-,15+,16-,17+,18?,19+,20-,21+,22+,23-,25-,26+/m1/s1. The van der Waals surface area contributed by atoms with Crippen molar-refractivity contribution in [3.05, 3.63) is 11.8 Å². The Labute approximate surface area is 245 Å². The Bertz CT molecular complexity index is 900. The molecule has 0 aromatic rings. The molecule has 0 aromatic carbocycles. The topological polar surface area (TPSA) is 280 Å². The summed E-state index contributed by atoms with van der Waals surface area (Å²) in [6.45, 7) is 1.39. The number of aliphatic hydroxyl groups is 6. The van der Waals surface area contributed by atoms with Crippen LogP contribution in [-0.4, -0.2) is 149 Å². The predicted molar refractivity (Wildman–Crippen MR) is 149 cm³/mol. The molecule has 2 aliphatic heterocycles. The molecule has 13 atom stereocenters. The zero-order chi connectivity index (χ0) is 31.2. The molecule has 244 valence electrons. The molecule has 3 aliphatic rings. The third-order valence-corrected chi connectivity index (χ3v) is 8.25. The van der Waals surface area contributed by atoms with E-state index in [1.54, 1.807) is 13.1 Å². The van der Waals surface area contributed by atoms with Crippen molar-refractivity contribution >= 4 is 5.91 Å². The molecule has 0 aromatic heterocycles. The van der Waals surface area contributed by atoms with Crippen molar-refractivity contribution in [2.24, 2.45) is 23.1 Å². The molecule has 15 N–H and O–H groups in total. The van der Waals surface area contributed by atoms with E-state index in [1.165, 1.54) is 6.92 Å². The number of hydrogen-bond acceptors (Lipinski definition) is 15. The number of hydrogen-bond donors (Lipinski definition) is 12. The summed E-state index contributed by atoms with van der Waals surface area (Å²) >= 11 is 0. The predicted octanol–water partition coefficient (Wildman–Crippen LogP) is -5.73. The van der Waals surface area contributed by atoms with Crippen molar-refractivity contribution in [1.29, 1.82) is 0 Å². The molecule has 1 saturated heterocycles. The van der Waals surface area contributed by atoms with Gasteiger partial charge in [0.1, 0.15) is 35.8 Å². The second-order valence-electron chi connectivity index (χ2n) is 11.7. The lowest BCUT2D eigenvalue weighted by Crippen LogP contribution is -2.69. The minimum absolute atomic E-state index is 0.0218. The number of carbonyl (C=O) groups excluding carboxylic acids is 1. The van der Waals surface area contributed by atoms with E-state index in [-0.39, 0.29) is 39.1 Å². The molecular formula is C26H50N6O10. The van der Waals surface area contributed by atoms with Crippen LogP contribution in [0.3, 0.4) is 0 Å². The maximum absolute atomic E-state index is 12.7. The highest BCUT2D eigenvalue weighted by Gasteiger charge is 2.53. The maximum atomic E-state index is 12.7. The third-order valence-electron chi connectivity index (χ3n) is 8.25. The first kappa shape index (κ1) is 35.0. The number of amides is 1. The van der Waals surface area contributed by atoms with Gasteiger partial charge in [-0.15, -0.1) is 0 Å². The van der Waals surface area contributed by atoms with Gasteiger partial charge in [0.05, 0.1) is 44.1 Å². The van der Waals surface area contributed by atoms with Crippen LogP contribution in [-0.2, 0) is 19.0 Å². The van der Waals surface area contributed by atoms with Crippen molar-refractivity contribution in [2.45, 2.75) is 98.9 Å². The Balaban J connectivity index is 1.82. The first-order valence-electron chi connectivity index (χ1n) is 14.4. The zero-order valence-corrected chi connectivity index (χ0v) is 24.2. The Morgan fingerprint density at radius 3 is 2.60 bits per heavy atom. The Hall–Kier alpha value is -1.51. The van der Waals surface area contributed by atoms with Gasteiger partial charge in [-0.1, -0.05) is 0 Å². The fourth-order valence-corrected chi connectivity index (χ4v) is 5.95.